The van der Waals surface area contributed by atoms with Crippen molar-refractivity contribution in [3.63, 3.8) is 0 Å². The molecule has 5 heteroatoms. The highest BCUT2D eigenvalue weighted by Crippen LogP contribution is 2.43. The van der Waals surface area contributed by atoms with E-state index in [4.69, 9.17) is 14.2 Å². The fourth-order valence-electron chi connectivity index (χ4n) is 2.96. The number of methoxy groups -OCH3 is 2. The van der Waals surface area contributed by atoms with Gasteiger partial charge in [0.25, 0.3) is 0 Å². The molecule has 0 N–H and O–H groups in total. The third-order valence-corrected chi connectivity index (χ3v) is 4.08. The van der Waals surface area contributed by atoms with Crippen LogP contribution in [0.15, 0.2) is 48.5 Å². The molecule has 0 saturated carbocycles. The van der Waals surface area contributed by atoms with E-state index in [0.29, 0.717) is 22.6 Å². The van der Waals surface area contributed by atoms with Gasteiger partial charge in [0.2, 0.25) is 0 Å². The van der Waals surface area contributed by atoms with Crippen molar-refractivity contribution in [2.75, 3.05) is 20.8 Å². The van der Waals surface area contributed by atoms with Crippen molar-refractivity contribution in [3.05, 3.63) is 59.7 Å². The lowest BCUT2D eigenvalue weighted by molar-refractivity contribution is -0.151. The van der Waals surface area contributed by atoms with Gasteiger partial charge in [-0.1, -0.05) is 30.3 Å². The predicted molar refractivity (Wildman–Crippen MR) is 82.7 cm³/mol. The number of hydrogen-bond acceptors (Lipinski definition) is 5. The lowest BCUT2D eigenvalue weighted by atomic mass is 9.70. The standard InChI is InChI=1S/C18H16O5/c1-21-13-9-7-12(8-10-13)18(17(20)22-2)14-5-3-4-6-15(14)23-11-16(18)19/h3-10H,11H2,1-2H3. The number of ketones is 1. The van der Waals surface area contributed by atoms with E-state index in [-0.39, 0.29) is 12.4 Å². The molecule has 23 heavy (non-hydrogen) atoms. The molecular weight excluding hydrogens is 296 g/mol. The van der Waals surface area contributed by atoms with Crippen molar-refractivity contribution in [2.24, 2.45) is 0 Å². The van der Waals surface area contributed by atoms with Gasteiger partial charge in [-0.2, -0.15) is 0 Å². The summed E-state index contributed by atoms with van der Waals surface area (Å²) in [6.07, 6.45) is 0. The average molecular weight is 312 g/mol. The predicted octanol–water partition coefficient (Wildman–Crippen LogP) is 2.12. The van der Waals surface area contributed by atoms with Crippen LogP contribution in [0.5, 0.6) is 11.5 Å². The van der Waals surface area contributed by atoms with Crippen LogP contribution in [0.25, 0.3) is 0 Å². The molecule has 1 heterocycles. The number of benzene rings is 2. The molecule has 0 aliphatic carbocycles. The van der Waals surface area contributed by atoms with E-state index in [1.54, 1.807) is 55.6 Å². The van der Waals surface area contributed by atoms with Crippen LogP contribution < -0.4 is 9.47 Å². The minimum absolute atomic E-state index is 0.182. The Kier molecular flexibility index (Phi) is 3.78. The number of esters is 1. The number of ether oxygens (including phenoxy) is 3. The number of para-hydroxylation sites is 1. The van der Waals surface area contributed by atoms with Gasteiger partial charge in [0.1, 0.15) is 18.1 Å². The van der Waals surface area contributed by atoms with Gasteiger partial charge in [0.15, 0.2) is 11.2 Å². The summed E-state index contributed by atoms with van der Waals surface area (Å²) in [5, 5.41) is 0. The van der Waals surface area contributed by atoms with Crippen molar-refractivity contribution >= 4 is 11.8 Å². The molecule has 1 atom stereocenters. The first kappa shape index (κ1) is 15.1. The lowest BCUT2D eigenvalue weighted by Crippen LogP contribution is -2.50. The number of fused-ring (bicyclic) bond motifs is 1. The topological polar surface area (TPSA) is 61.8 Å². The van der Waals surface area contributed by atoms with Crippen LogP contribution in [0.3, 0.4) is 0 Å². The normalized spacial score (nSPS) is 19.5. The van der Waals surface area contributed by atoms with E-state index in [1.807, 2.05) is 0 Å². The smallest absolute Gasteiger partial charge is 0.328 e. The molecule has 0 fully saturated rings. The molecule has 0 saturated heterocycles. The summed E-state index contributed by atoms with van der Waals surface area (Å²) in [6, 6.07) is 13.9. The van der Waals surface area contributed by atoms with Crippen molar-refractivity contribution in [1.29, 1.82) is 0 Å². The Morgan fingerprint density at radius 2 is 1.78 bits per heavy atom. The first-order chi connectivity index (χ1) is 11.1. The van der Waals surface area contributed by atoms with Crippen molar-refractivity contribution in [3.8, 4) is 11.5 Å². The molecule has 0 spiro atoms. The zero-order valence-electron chi connectivity index (χ0n) is 12.9. The molecule has 2 aromatic rings. The van der Waals surface area contributed by atoms with Crippen LogP contribution in [0, 0.1) is 0 Å². The summed E-state index contributed by atoms with van der Waals surface area (Å²) in [5.41, 5.74) is -0.491. The summed E-state index contributed by atoms with van der Waals surface area (Å²) in [6.45, 7) is -0.182. The van der Waals surface area contributed by atoms with Gasteiger partial charge in [-0.25, -0.2) is 0 Å². The minimum Gasteiger partial charge on any atom is -0.497 e. The molecule has 0 bridgehead atoms. The van der Waals surface area contributed by atoms with Crippen LogP contribution in [-0.4, -0.2) is 32.6 Å². The van der Waals surface area contributed by atoms with E-state index in [0.717, 1.165) is 0 Å². The molecule has 5 nitrogen and oxygen atoms in total. The van der Waals surface area contributed by atoms with Crippen LogP contribution in [0.4, 0.5) is 0 Å². The summed E-state index contributed by atoms with van der Waals surface area (Å²) >= 11 is 0. The molecule has 1 aliphatic heterocycles. The monoisotopic (exact) mass is 312 g/mol. The van der Waals surface area contributed by atoms with E-state index in [1.165, 1.54) is 7.11 Å². The number of Topliss-reactive ketones (excluding diaryl/α,β-unsaturated/α-hetero) is 1. The van der Waals surface area contributed by atoms with Crippen molar-refractivity contribution in [2.45, 2.75) is 5.41 Å². The van der Waals surface area contributed by atoms with Gasteiger partial charge in [-0.15, -0.1) is 0 Å². The zero-order chi connectivity index (χ0) is 16.4. The van der Waals surface area contributed by atoms with Crippen molar-refractivity contribution < 1.29 is 23.8 Å². The summed E-state index contributed by atoms with van der Waals surface area (Å²) < 4.78 is 15.6. The Morgan fingerprint density at radius 1 is 1.09 bits per heavy atom. The maximum Gasteiger partial charge on any atom is 0.328 e. The Bertz CT molecular complexity index is 750. The Morgan fingerprint density at radius 3 is 2.43 bits per heavy atom. The van der Waals surface area contributed by atoms with Crippen LogP contribution >= 0.6 is 0 Å². The molecule has 0 aromatic heterocycles. The zero-order valence-corrected chi connectivity index (χ0v) is 12.9. The van der Waals surface area contributed by atoms with Gasteiger partial charge in [0.05, 0.1) is 14.2 Å². The summed E-state index contributed by atoms with van der Waals surface area (Å²) in [4.78, 5) is 25.5. The highest BCUT2D eigenvalue weighted by Gasteiger charge is 2.53. The summed E-state index contributed by atoms with van der Waals surface area (Å²) in [7, 11) is 2.83. The van der Waals surface area contributed by atoms with E-state index < -0.39 is 11.4 Å². The first-order valence-corrected chi connectivity index (χ1v) is 7.13. The Balaban J connectivity index is 2.29. The third-order valence-electron chi connectivity index (χ3n) is 4.08. The fraction of sp³-hybridized carbons (Fsp3) is 0.222. The molecule has 1 aliphatic rings. The number of carbonyl (C=O) groups is 2. The fourth-order valence-corrected chi connectivity index (χ4v) is 2.96. The van der Waals surface area contributed by atoms with Crippen LogP contribution in [0.2, 0.25) is 0 Å². The second-order valence-electron chi connectivity index (χ2n) is 5.18. The van der Waals surface area contributed by atoms with Gasteiger partial charge in [-0.3, -0.25) is 9.59 Å². The van der Waals surface area contributed by atoms with Gasteiger partial charge in [-0.05, 0) is 23.8 Å². The molecule has 118 valence electrons. The number of rotatable bonds is 3. The van der Waals surface area contributed by atoms with Crippen LogP contribution in [0.1, 0.15) is 11.1 Å². The Hall–Kier alpha value is -2.82. The molecule has 3 rings (SSSR count). The van der Waals surface area contributed by atoms with Gasteiger partial charge < -0.3 is 14.2 Å². The number of hydrogen-bond donors (Lipinski definition) is 0. The molecule has 1 unspecified atom stereocenters. The van der Waals surface area contributed by atoms with Crippen molar-refractivity contribution in [1.82, 2.24) is 0 Å². The van der Waals surface area contributed by atoms with E-state index in [9.17, 15) is 9.59 Å². The maximum absolute atomic E-state index is 12.8. The maximum atomic E-state index is 12.8. The van der Waals surface area contributed by atoms with Gasteiger partial charge in [0, 0.05) is 5.56 Å². The van der Waals surface area contributed by atoms with E-state index >= 15 is 0 Å². The van der Waals surface area contributed by atoms with Crippen LogP contribution in [-0.2, 0) is 19.7 Å². The quantitative estimate of drug-likeness (QED) is 0.642. The Labute approximate surface area is 133 Å². The third kappa shape index (κ3) is 2.16. The second kappa shape index (κ2) is 5.76. The molecular formula is C18H16O5. The molecule has 2 aromatic carbocycles. The number of carbonyl (C=O) groups excluding carboxylic acids is 2. The summed E-state index contributed by atoms with van der Waals surface area (Å²) in [5.74, 6) is 0.173. The highest BCUT2D eigenvalue weighted by molar-refractivity contribution is 6.15. The molecule has 0 amide bonds. The first-order valence-electron chi connectivity index (χ1n) is 7.13. The second-order valence-corrected chi connectivity index (χ2v) is 5.18. The van der Waals surface area contributed by atoms with E-state index in [2.05, 4.69) is 0 Å². The molecule has 0 radical (unpaired) electrons. The highest BCUT2D eigenvalue weighted by atomic mass is 16.5. The SMILES string of the molecule is COC(=O)C1(c2ccc(OC)cc2)C(=O)COc2ccccc21. The lowest BCUT2D eigenvalue weighted by Gasteiger charge is -2.35. The minimum atomic E-state index is -1.52. The van der Waals surface area contributed by atoms with Gasteiger partial charge >= 0.3 is 5.97 Å². The largest absolute Gasteiger partial charge is 0.497 e. The average Bonchev–Trinajstić information content (AvgIpc) is 2.61.